The fourth-order valence-electron chi connectivity index (χ4n) is 2.53. The van der Waals surface area contributed by atoms with E-state index in [4.69, 9.17) is 0 Å². The summed E-state index contributed by atoms with van der Waals surface area (Å²) in [6.07, 6.45) is 10.1. The van der Waals surface area contributed by atoms with Gasteiger partial charge in [-0.25, -0.2) is 0 Å². The molecule has 0 aromatic heterocycles. The van der Waals surface area contributed by atoms with Crippen molar-refractivity contribution < 1.29 is 0 Å². The average Bonchev–Trinajstić information content (AvgIpc) is 2.31. The Labute approximate surface area is 92.3 Å². The minimum absolute atomic E-state index is 0.204. The maximum Gasteiger partial charge on any atom is 0.0192 e. The zero-order valence-corrected chi connectivity index (χ0v) is 9.48. The van der Waals surface area contributed by atoms with E-state index < -0.39 is 0 Å². The summed E-state index contributed by atoms with van der Waals surface area (Å²) in [6, 6.07) is 10.8. The van der Waals surface area contributed by atoms with E-state index in [-0.39, 0.29) is 5.41 Å². The van der Waals surface area contributed by atoms with Crippen molar-refractivity contribution in [3.63, 3.8) is 0 Å². The van der Waals surface area contributed by atoms with Gasteiger partial charge >= 0.3 is 0 Å². The van der Waals surface area contributed by atoms with Gasteiger partial charge in [0, 0.05) is 5.41 Å². The summed E-state index contributed by atoms with van der Waals surface area (Å²) in [5.74, 6) is 0.579. The molecule has 0 heteroatoms. The van der Waals surface area contributed by atoms with E-state index in [0.29, 0.717) is 5.92 Å². The number of allylic oxidation sites excluding steroid dienone is 4. The van der Waals surface area contributed by atoms with Crippen molar-refractivity contribution in [1.82, 2.24) is 0 Å². The molecule has 1 aromatic rings. The van der Waals surface area contributed by atoms with Crippen molar-refractivity contribution >= 4 is 0 Å². The number of hydrogen-bond acceptors (Lipinski definition) is 0. The van der Waals surface area contributed by atoms with Crippen molar-refractivity contribution in [2.24, 2.45) is 5.92 Å². The van der Waals surface area contributed by atoms with E-state index in [2.05, 4.69) is 68.5 Å². The molecule has 2 unspecified atom stereocenters. The summed E-state index contributed by atoms with van der Waals surface area (Å²) in [7, 11) is 0. The Morgan fingerprint density at radius 1 is 1.13 bits per heavy atom. The van der Waals surface area contributed by atoms with Crippen LogP contribution in [0, 0.1) is 5.92 Å². The third-order valence-electron chi connectivity index (χ3n) is 3.61. The Hall–Kier alpha value is -1.30. The van der Waals surface area contributed by atoms with Gasteiger partial charge in [-0.15, -0.1) is 0 Å². The Bertz CT molecular complexity index is 372. The van der Waals surface area contributed by atoms with Crippen LogP contribution in [0.25, 0.3) is 0 Å². The van der Waals surface area contributed by atoms with Crippen LogP contribution < -0.4 is 0 Å². The second-order valence-corrected chi connectivity index (χ2v) is 4.29. The first kappa shape index (κ1) is 10.2. The molecule has 1 aliphatic carbocycles. The zero-order valence-electron chi connectivity index (χ0n) is 9.48. The lowest BCUT2D eigenvalue weighted by Crippen LogP contribution is -2.31. The molecule has 2 atom stereocenters. The molecule has 0 bridgehead atoms. The predicted molar refractivity (Wildman–Crippen MR) is 65.9 cm³/mol. The highest BCUT2D eigenvalue weighted by molar-refractivity contribution is 5.37. The standard InChI is InChI=1S/C15H18/c1-3-15(12-8-7-9-13(15)2)14-10-5-4-6-11-14/h4-13H,3H2,1-2H3. The highest BCUT2D eigenvalue weighted by Crippen LogP contribution is 2.39. The molecule has 0 nitrogen and oxygen atoms in total. The van der Waals surface area contributed by atoms with Gasteiger partial charge in [0.2, 0.25) is 0 Å². The Balaban J connectivity index is 2.46. The van der Waals surface area contributed by atoms with Crippen LogP contribution in [0.5, 0.6) is 0 Å². The summed E-state index contributed by atoms with van der Waals surface area (Å²) in [4.78, 5) is 0. The summed E-state index contributed by atoms with van der Waals surface area (Å²) < 4.78 is 0. The van der Waals surface area contributed by atoms with Gasteiger partial charge in [0.05, 0.1) is 0 Å². The quantitative estimate of drug-likeness (QED) is 0.671. The van der Waals surface area contributed by atoms with Crippen LogP contribution in [0.2, 0.25) is 0 Å². The van der Waals surface area contributed by atoms with Gasteiger partial charge in [-0.2, -0.15) is 0 Å². The van der Waals surface area contributed by atoms with Gasteiger partial charge < -0.3 is 0 Å². The third kappa shape index (κ3) is 1.65. The van der Waals surface area contributed by atoms with Gasteiger partial charge in [-0.3, -0.25) is 0 Å². The maximum absolute atomic E-state index is 2.35. The molecule has 78 valence electrons. The minimum atomic E-state index is 0.204. The number of rotatable bonds is 2. The molecular weight excluding hydrogens is 180 g/mol. The van der Waals surface area contributed by atoms with E-state index in [1.165, 1.54) is 5.56 Å². The molecule has 0 saturated heterocycles. The first-order valence-corrected chi connectivity index (χ1v) is 5.71. The van der Waals surface area contributed by atoms with Crippen LogP contribution >= 0.6 is 0 Å². The van der Waals surface area contributed by atoms with E-state index in [9.17, 15) is 0 Å². The lowest BCUT2D eigenvalue weighted by atomic mass is 9.67. The second kappa shape index (κ2) is 4.06. The molecule has 0 saturated carbocycles. The SMILES string of the molecule is CCC1(c2ccccc2)C=CC=CC1C. The summed E-state index contributed by atoms with van der Waals surface area (Å²) in [5, 5.41) is 0. The number of hydrogen-bond donors (Lipinski definition) is 0. The van der Waals surface area contributed by atoms with Crippen LogP contribution in [0.3, 0.4) is 0 Å². The third-order valence-corrected chi connectivity index (χ3v) is 3.61. The predicted octanol–water partition coefficient (Wildman–Crippen LogP) is 4.10. The van der Waals surface area contributed by atoms with Crippen LogP contribution in [0.1, 0.15) is 25.8 Å². The van der Waals surface area contributed by atoms with Gasteiger partial charge in [0.15, 0.2) is 0 Å². The summed E-state index contributed by atoms with van der Waals surface area (Å²) in [5.41, 5.74) is 1.64. The topological polar surface area (TPSA) is 0 Å². The molecule has 0 amide bonds. The molecule has 2 rings (SSSR count). The van der Waals surface area contributed by atoms with Crippen LogP contribution in [-0.2, 0) is 5.41 Å². The summed E-state index contributed by atoms with van der Waals surface area (Å²) in [6.45, 7) is 4.57. The molecule has 0 fully saturated rings. The highest BCUT2D eigenvalue weighted by Gasteiger charge is 2.33. The monoisotopic (exact) mass is 198 g/mol. The van der Waals surface area contributed by atoms with Gasteiger partial charge in [0.1, 0.15) is 0 Å². The molecule has 0 radical (unpaired) electrons. The molecule has 0 spiro atoms. The van der Waals surface area contributed by atoms with Gasteiger partial charge in [-0.1, -0.05) is 68.5 Å². The van der Waals surface area contributed by atoms with Crippen molar-refractivity contribution in [2.75, 3.05) is 0 Å². The Morgan fingerprint density at radius 3 is 2.47 bits per heavy atom. The van der Waals surface area contributed by atoms with Crippen LogP contribution in [0.15, 0.2) is 54.6 Å². The first-order chi connectivity index (χ1) is 7.29. The van der Waals surface area contributed by atoms with E-state index in [1.807, 2.05) is 0 Å². The van der Waals surface area contributed by atoms with Crippen LogP contribution in [0.4, 0.5) is 0 Å². The largest absolute Gasteiger partial charge is 0.0805 e. The van der Waals surface area contributed by atoms with Crippen molar-refractivity contribution in [3.8, 4) is 0 Å². The molecular formula is C15H18. The zero-order chi connectivity index (χ0) is 10.7. The highest BCUT2D eigenvalue weighted by atomic mass is 14.4. The summed E-state index contributed by atoms with van der Waals surface area (Å²) >= 11 is 0. The lowest BCUT2D eigenvalue weighted by Gasteiger charge is -2.36. The van der Waals surface area contributed by atoms with Crippen LogP contribution in [-0.4, -0.2) is 0 Å². The average molecular weight is 198 g/mol. The Morgan fingerprint density at radius 2 is 1.87 bits per heavy atom. The van der Waals surface area contributed by atoms with E-state index in [1.54, 1.807) is 0 Å². The molecule has 15 heavy (non-hydrogen) atoms. The van der Waals surface area contributed by atoms with E-state index in [0.717, 1.165) is 6.42 Å². The minimum Gasteiger partial charge on any atom is -0.0805 e. The van der Waals surface area contributed by atoms with Crippen molar-refractivity contribution in [2.45, 2.75) is 25.7 Å². The fourth-order valence-corrected chi connectivity index (χ4v) is 2.53. The maximum atomic E-state index is 2.35. The smallest absolute Gasteiger partial charge is 0.0192 e. The lowest BCUT2D eigenvalue weighted by molar-refractivity contribution is 0.403. The molecule has 0 N–H and O–H groups in total. The van der Waals surface area contributed by atoms with Gasteiger partial charge in [-0.05, 0) is 17.9 Å². The van der Waals surface area contributed by atoms with Gasteiger partial charge in [0.25, 0.3) is 0 Å². The molecule has 0 aliphatic heterocycles. The van der Waals surface area contributed by atoms with E-state index >= 15 is 0 Å². The molecule has 1 aliphatic rings. The number of benzene rings is 1. The second-order valence-electron chi connectivity index (χ2n) is 4.29. The normalized spacial score (nSPS) is 29.3. The fraction of sp³-hybridized carbons (Fsp3) is 0.333. The molecule has 0 heterocycles. The first-order valence-electron chi connectivity index (χ1n) is 5.71. The van der Waals surface area contributed by atoms with Crippen molar-refractivity contribution in [3.05, 3.63) is 60.2 Å². The Kier molecular flexibility index (Phi) is 2.77. The molecule has 1 aromatic carbocycles. The van der Waals surface area contributed by atoms with Crippen molar-refractivity contribution in [1.29, 1.82) is 0 Å².